The summed E-state index contributed by atoms with van der Waals surface area (Å²) in [7, 11) is 1.49. The van der Waals surface area contributed by atoms with Gasteiger partial charge in [0.15, 0.2) is 22.9 Å². The van der Waals surface area contributed by atoms with E-state index in [0.717, 1.165) is 5.56 Å². The van der Waals surface area contributed by atoms with Crippen molar-refractivity contribution in [1.82, 2.24) is 4.90 Å². The molecule has 1 aliphatic heterocycles. The molecule has 1 N–H and O–H groups in total. The first-order valence-corrected chi connectivity index (χ1v) is 11.1. The van der Waals surface area contributed by atoms with Gasteiger partial charge in [0.2, 0.25) is 5.78 Å². The largest absolute Gasteiger partial charge is 0.503 e. The Morgan fingerprint density at radius 3 is 2.54 bits per heavy atom. The minimum absolute atomic E-state index is 0.0786. The number of ketones is 1. The van der Waals surface area contributed by atoms with Crippen LogP contribution in [0.3, 0.4) is 0 Å². The number of aliphatic hydroxyl groups excluding tert-OH is 1. The van der Waals surface area contributed by atoms with E-state index in [-0.39, 0.29) is 23.4 Å². The fourth-order valence-corrected chi connectivity index (χ4v) is 4.47. The lowest BCUT2D eigenvalue weighted by Gasteiger charge is -2.27. The normalized spacial score (nSPS) is 15.8. The molecule has 2 heterocycles. The number of nitrogens with zero attached hydrogens (tertiary/aromatic N) is 1. The average Bonchev–Trinajstić information content (AvgIpc) is 3.42. The second kappa shape index (κ2) is 9.10. The molecule has 1 atom stereocenters. The van der Waals surface area contributed by atoms with Crippen LogP contribution in [0.4, 0.5) is 4.39 Å². The third-order valence-corrected chi connectivity index (χ3v) is 6.18. The number of hydrogen-bond acceptors (Lipinski definition) is 5. The number of para-hydroxylation sites is 1. The molecule has 0 fully saturated rings. The number of ether oxygens (including phenoxy) is 1. The second-order valence-corrected chi connectivity index (χ2v) is 8.24. The van der Waals surface area contributed by atoms with E-state index in [1.54, 1.807) is 24.3 Å². The average molecular weight is 471 g/mol. The van der Waals surface area contributed by atoms with E-state index in [2.05, 4.69) is 0 Å². The van der Waals surface area contributed by atoms with Crippen molar-refractivity contribution in [3.63, 3.8) is 0 Å². The summed E-state index contributed by atoms with van der Waals surface area (Å²) in [5, 5.41) is 11.5. The summed E-state index contributed by atoms with van der Waals surface area (Å²) < 4.78 is 26.0. The SMILES string of the molecule is COc1cccc2cc(C(=O)C3=C(O)C(=O)N(CCc4ccccc4)C3c3ccccc3F)oc12. The molecule has 1 aromatic heterocycles. The zero-order valence-electron chi connectivity index (χ0n) is 18.9. The molecule has 0 spiro atoms. The molecule has 0 saturated carbocycles. The molecule has 4 aromatic rings. The number of furan rings is 1. The van der Waals surface area contributed by atoms with Crippen molar-refractivity contribution in [3.8, 4) is 5.75 Å². The Kier molecular flexibility index (Phi) is 5.82. The number of carbonyl (C=O) groups excluding carboxylic acids is 2. The Morgan fingerprint density at radius 2 is 1.80 bits per heavy atom. The number of carbonyl (C=O) groups is 2. The maximum atomic E-state index is 14.9. The first kappa shape index (κ1) is 22.4. The highest BCUT2D eigenvalue weighted by Gasteiger charge is 2.45. The highest BCUT2D eigenvalue weighted by molar-refractivity contribution is 6.16. The third kappa shape index (κ3) is 3.95. The lowest BCUT2D eigenvalue weighted by molar-refractivity contribution is -0.129. The van der Waals surface area contributed by atoms with Crippen molar-refractivity contribution in [2.45, 2.75) is 12.5 Å². The molecule has 176 valence electrons. The Hall–Kier alpha value is -4.39. The fourth-order valence-electron chi connectivity index (χ4n) is 4.47. The summed E-state index contributed by atoms with van der Waals surface area (Å²) in [6, 6.07) is 21.1. The first-order chi connectivity index (χ1) is 17.0. The van der Waals surface area contributed by atoms with Gasteiger partial charge in [-0.05, 0) is 30.2 Å². The molecule has 0 saturated heterocycles. The molecule has 3 aromatic carbocycles. The van der Waals surface area contributed by atoms with E-state index in [4.69, 9.17) is 9.15 Å². The van der Waals surface area contributed by atoms with Crippen LogP contribution in [0, 0.1) is 5.82 Å². The van der Waals surface area contributed by atoms with Gasteiger partial charge in [-0.25, -0.2) is 4.39 Å². The zero-order chi connectivity index (χ0) is 24.5. The van der Waals surface area contributed by atoms with Crippen LogP contribution in [-0.4, -0.2) is 35.4 Å². The van der Waals surface area contributed by atoms with Crippen molar-refractivity contribution in [3.05, 3.63) is 113 Å². The smallest absolute Gasteiger partial charge is 0.290 e. The lowest BCUT2D eigenvalue weighted by Crippen LogP contribution is -2.33. The van der Waals surface area contributed by atoms with Crippen LogP contribution in [0.1, 0.15) is 27.7 Å². The third-order valence-electron chi connectivity index (χ3n) is 6.18. The topological polar surface area (TPSA) is 80.0 Å². The number of Topliss-reactive ketones (excluding diaryl/α,β-unsaturated/α-hetero) is 1. The maximum absolute atomic E-state index is 14.9. The van der Waals surface area contributed by atoms with Crippen LogP contribution >= 0.6 is 0 Å². The number of fused-ring (bicyclic) bond motifs is 1. The number of halogens is 1. The minimum Gasteiger partial charge on any atom is -0.503 e. The number of rotatable bonds is 7. The van der Waals surface area contributed by atoms with Gasteiger partial charge in [-0.3, -0.25) is 9.59 Å². The van der Waals surface area contributed by atoms with Gasteiger partial charge >= 0.3 is 0 Å². The van der Waals surface area contributed by atoms with Crippen LogP contribution in [-0.2, 0) is 11.2 Å². The molecule has 5 rings (SSSR count). The maximum Gasteiger partial charge on any atom is 0.290 e. The molecule has 1 aliphatic rings. The van der Waals surface area contributed by atoms with Crippen LogP contribution in [0.2, 0.25) is 0 Å². The molecular weight excluding hydrogens is 449 g/mol. The van der Waals surface area contributed by atoms with Gasteiger partial charge in [0, 0.05) is 17.5 Å². The Balaban J connectivity index is 1.57. The molecule has 0 aliphatic carbocycles. The molecule has 0 bridgehead atoms. The van der Waals surface area contributed by atoms with E-state index in [9.17, 15) is 19.1 Å². The summed E-state index contributed by atoms with van der Waals surface area (Å²) >= 11 is 0. The second-order valence-electron chi connectivity index (χ2n) is 8.24. The number of aliphatic hydroxyl groups is 1. The predicted octanol–water partition coefficient (Wildman–Crippen LogP) is 5.40. The van der Waals surface area contributed by atoms with E-state index in [1.807, 2.05) is 30.3 Å². The molecule has 7 heteroatoms. The molecule has 1 amide bonds. The standard InChI is InChI=1S/C28H22FNO5/c1-34-21-13-7-10-18-16-22(35-27(18)21)25(31)23-24(19-11-5-6-12-20(19)29)30(28(33)26(23)32)15-14-17-8-3-2-4-9-17/h2-13,16,24,32H,14-15H2,1H3. The molecule has 35 heavy (non-hydrogen) atoms. The van der Waals surface area contributed by atoms with Crippen LogP contribution in [0.25, 0.3) is 11.0 Å². The van der Waals surface area contributed by atoms with Crippen LogP contribution in [0.5, 0.6) is 5.75 Å². The van der Waals surface area contributed by atoms with Crippen molar-refractivity contribution in [1.29, 1.82) is 0 Å². The number of hydrogen-bond donors (Lipinski definition) is 1. The fraction of sp³-hybridized carbons (Fsp3) is 0.143. The molecule has 6 nitrogen and oxygen atoms in total. The summed E-state index contributed by atoms with van der Waals surface area (Å²) in [6.07, 6.45) is 0.466. The van der Waals surface area contributed by atoms with E-state index < -0.39 is 29.3 Å². The number of benzene rings is 3. The monoisotopic (exact) mass is 471 g/mol. The predicted molar refractivity (Wildman–Crippen MR) is 128 cm³/mol. The van der Waals surface area contributed by atoms with Gasteiger partial charge in [-0.1, -0.05) is 60.7 Å². The number of amides is 1. The van der Waals surface area contributed by atoms with E-state index >= 15 is 0 Å². The Bertz CT molecular complexity index is 1460. The molecular formula is C28H22FNO5. The highest BCUT2D eigenvalue weighted by Crippen LogP contribution is 2.41. The van der Waals surface area contributed by atoms with Crippen LogP contribution < -0.4 is 4.74 Å². The van der Waals surface area contributed by atoms with Crippen molar-refractivity contribution < 1.29 is 28.2 Å². The van der Waals surface area contributed by atoms with Crippen LogP contribution in [0.15, 0.2) is 94.6 Å². The quantitative estimate of drug-likeness (QED) is 0.365. The van der Waals surface area contributed by atoms with Gasteiger partial charge in [-0.2, -0.15) is 0 Å². The lowest BCUT2D eigenvalue weighted by atomic mass is 9.94. The summed E-state index contributed by atoms with van der Waals surface area (Å²) in [6.45, 7) is 0.177. The van der Waals surface area contributed by atoms with Gasteiger partial charge in [0.1, 0.15) is 5.82 Å². The first-order valence-electron chi connectivity index (χ1n) is 11.1. The van der Waals surface area contributed by atoms with Crippen molar-refractivity contribution in [2.75, 3.05) is 13.7 Å². The van der Waals surface area contributed by atoms with Gasteiger partial charge in [-0.15, -0.1) is 0 Å². The molecule has 0 radical (unpaired) electrons. The summed E-state index contributed by atoms with van der Waals surface area (Å²) in [5.74, 6) is -2.34. The summed E-state index contributed by atoms with van der Waals surface area (Å²) in [4.78, 5) is 28.1. The van der Waals surface area contributed by atoms with Crippen molar-refractivity contribution in [2.24, 2.45) is 0 Å². The van der Waals surface area contributed by atoms with Gasteiger partial charge in [0.25, 0.3) is 5.91 Å². The van der Waals surface area contributed by atoms with E-state index in [1.165, 1.54) is 36.3 Å². The Labute approximate surface area is 200 Å². The van der Waals surface area contributed by atoms with Gasteiger partial charge < -0.3 is 19.2 Å². The highest BCUT2D eigenvalue weighted by atomic mass is 19.1. The Morgan fingerprint density at radius 1 is 1.06 bits per heavy atom. The zero-order valence-corrected chi connectivity index (χ0v) is 18.9. The van der Waals surface area contributed by atoms with Gasteiger partial charge in [0.05, 0.1) is 18.7 Å². The summed E-state index contributed by atoms with van der Waals surface area (Å²) in [5.41, 5.74) is 1.24. The molecule has 1 unspecified atom stereocenters. The minimum atomic E-state index is -1.10. The van der Waals surface area contributed by atoms with E-state index in [0.29, 0.717) is 23.1 Å². The van der Waals surface area contributed by atoms with Crippen molar-refractivity contribution >= 4 is 22.7 Å². The number of methoxy groups -OCH3 is 1.